The van der Waals surface area contributed by atoms with E-state index >= 15 is 0 Å². The van der Waals surface area contributed by atoms with Crippen LogP contribution in [0.3, 0.4) is 0 Å². The molecule has 0 atom stereocenters. The van der Waals surface area contributed by atoms with Gasteiger partial charge in [0.25, 0.3) is 0 Å². The van der Waals surface area contributed by atoms with Crippen molar-refractivity contribution < 1.29 is 21.6 Å². The van der Waals surface area contributed by atoms with Crippen LogP contribution in [0.1, 0.15) is 38.5 Å². The zero-order chi connectivity index (χ0) is 14.8. The van der Waals surface area contributed by atoms with E-state index in [1.807, 2.05) is 0 Å². The zero-order valence-electron chi connectivity index (χ0n) is 11.3. The monoisotopic (exact) mass is 314 g/mol. The predicted molar refractivity (Wildman–Crippen MR) is 69.8 cm³/mol. The van der Waals surface area contributed by atoms with E-state index in [1.165, 1.54) is 12.8 Å². The minimum absolute atomic E-state index is 0.189. The van der Waals surface area contributed by atoms with Crippen molar-refractivity contribution in [1.29, 1.82) is 0 Å². The Labute approximate surface area is 117 Å². The van der Waals surface area contributed by atoms with E-state index < -0.39 is 28.8 Å². The van der Waals surface area contributed by atoms with Gasteiger partial charge in [0.15, 0.2) is 0 Å². The molecule has 0 amide bonds. The first-order valence-corrected chi connectivity index (χ1v) is 8.68. The number of rotatable bonds is 9. The van der Waals surface area contributed by atoms with Gasteiger partial charge in [-0.2, -0.15) is 17.5 Å². The molecule has 0 aromatic heterocycles. The average Bonchev–Trinajstić information content (AvgIpc) is 3.17. The van der Waals surface area contributed by atoms with Crippen molar-refractivity contribution in [2.75, 3.05) is 18.8 Å². The van der Waals surface area contributed by atoms with E-state index in [0.717, 1.165) is 6.54 Å². The minimum atomic E-state index is -4.47. The number of unbranched alkanes of at least 4 members (excludes halogenated alkanes) is 1. The first kappa shape index (κ1) is 16.0. The van der Waals surface area contributed by atoms with E-state index in [1.54, 1.807) is 0 Å². The molecule has 0 heterocycles. The summed E-state index contributed by atoms with van der Waals surface area (Å²) in [6.45, 7) is -0.608. The van der Waals surface area contributed by atoms with Gasteiger partial charge in [-0.3, -0.25) is 0 Å². The zero-order valence-corrected chi connectivity index (χ0v) is 12.1. The molecule has 0 bridgehead atoms. The van der Waals surface area contributed by atoms with E-state index in [2.05, 4.69) is 5.32 Å². The lowest BCUT2D eigenvalue weighted by atomic mass is 10.3. The smallest absolute Gasteiger partial charge is 0.314 e. The molecule has 118 valence electrons. The second kappa shape index (κ2) is 6.19. The van der Waals surface area contributed by atoms with Crippen LogP contribution in [-0.4, -0.2) is 49.8 Å². The van der Waals surface area contributed by atoms with Crippen molar-refractivity contribution in [3.8, 4) is 0 Å². The third kappa shape index (κ3) is 5.57. The summed E-state index contributed by atoms with van der Waals surface area (Å²) in [4.78, 5) is 0. The molecule has 2 aliphatic carbocycles. The Kier molecular flexibility index (Phi) is 4.96. The molecule has 0 aromatic carbocycles. The van der Waals surface area contributed by atoms with Gasteiger partial charge in [-0.05, 0) is 45.1 Å². The molecule has 4 nitrogen and oxygen atoms in total. The standard InChI is InChI=1S/C12H21F3N2O2S/c13-12(14,15)9-17(11-5-6-11)20(18,19)8-2-1-7-16-10-3-4-10/h10-11,16H,1-9H2. The van der Waals surface area contributed by atoms with Crippen LogP contribution in [-0.2, 0) is 10.0 Å². The maximum atomic E-state index is 12.4. The van der Waals surface area contributed by atoms with Gasteiger partial charge >= 0.3 is 6.18 Å². The largest absolute Gasteiger partial charge is 0.402 e. The van der Waals surface area contributed by atoms with Crippen LogP contribution < -0.4 is 5.32 Å². The SMILES string of the molecule is O=S(=O)(CCCCNC1CC1)N(CC(F)(F)F)C1CC1. The van der Waals surface area contributed by atoms with E-state index in [4.69, 9.17) is 0 Å². The number of alkyl halides is 3. The predicted octanol–water partition coefficient (Wildman–Crippen LogP) is 1.88. The van der Waals surface area contributed by atoms with Crippen LogP contribution in [0.4, 0.5) is 13.2 Å². The van der Waals surface area contributed by atoms with Crippen molar-refractivity contribution in [1.82, 2.24) is 9.62 Å². The van der Waals surface area contributed by atoms with Crippen molar-refractivity contribution in [3.63, 3.8) is 0 Å². The van der Waals surface area contributed by atoms with Crippen molar-refractivity contribution >= 4 is 10.0 Å². The van der Waals surface area contributed by atoms with E-state index in [0.29, 0.717) is 36.0 Å². The summed E-state index contributed by atoms with van der Waals surface area (Å²) in [5.41, 5.74) is 0. The Bertz CT molecular complexity index is 417. The van der Waals surface area contributed by atoms with Gasteiger partial charge in [-0.1, -0.05) is 0 Å². The Morgan fingerprint density at radius 3 is 2.25 bits per heavy atom. The summed E-state index contributed by atoms with van der Waals surface area (Å²) in [6.07, 6.45) is 0.0301. The number of halogens is 3. The number of hydrogen-bond donors (Lipinski definition) is 1. The molecule has 20 heavy (non-hydrogen) atoms. The highest BCUT2D eigenvalue weighted by Crippen LogP contribution is 2.32. The second-order valence-corrected chi connectivity index (χ2v) is 7.68. The van der Waals surface area contributed by atoms with Crippen LogP contribution in [0.2, 0.25) is 0 Å². The van der Waals surface area contributed by atoms with Gasteiger partial charge in [0.05, 0.1) is 5.75 Å². The van der Waals surface area contributed by atoms with Gasteiger partial charge in [0.2, 0.25) is 10.0 Å². The topological polar surface area (TPSA) is 49.4 Å². The molecule has 2 rings (SSSR count). The molecule has 0 spiro atoms. The van der Waals surface area contributed by atoms with Crippen LogP contribution in [0.15, 0.2) is 0 Å². The molecular weight excluding hydrogens is 293 g/mol. The fraction of sp³-hybridized carbons (Fsp3) is 1.00. The maximum absolute atomic E-state index is 12.4. The molecule has 2 fully saturated rings. The minimum Gasteiger partial charge on any atom is -0.314 e. The third-order valence-corrected chi connectivity index (χ3v) is 5.43. The Balaban J connectivity index is 1.76. The molecule has 0 radical (unpaired) electrons. The molecule has 8 heteroatoms. The average molecular weight is 314 g/mol. The summed E-state index contributed by atoms with van der Waals surface area (Å²) < 4.78 is 62.0. The fourth-order valence-electron chi connectivity index (χ4n) is 2.11. The highest BCUT2D eigenvalue weighted by Gasteiger charge is 2.43. The van der Waals surface area contributed by atoms with Crippen molar-refractivity contribution in [3.05, 3.63) is 0 Å². The van der Waals surface area contributed by atoms with Crippen LogP contribution in [0.25, 0.3) is 0 Å². The van der Waals surface area contributed by atoms with Gasteiger partial charge in [-0.15, -0.1) is 0 Å². The summed E-state index contributed by atoms with van der Waals surface area (Å²) in [5, 5.41) is 3.26. The molecule has 0 aromatic rings. The highest BCUT2D eigenvalue weighted by molar-refractivity contribution is 7.89. The first-order chi connectivity index (χ1) is 9.28. The normalized spacial score (nSPS) is 20.6. The van der Waals surface area contributed by atoms with Crippen LogP contribution in [0, 0.1) is 0 Å². The Hall–Kier alpha value is -0.340. The summed E-state index contributed by atoms with van der Waals surface area (Å²) in [5.74, 6) is -0.189. The number of nitrogens with zero attached hydrogens (tertiary/aromatic N) is 1. The fourth-order valence-corrected chi connectivity index (χ4v) is 3.93. The molecule has 1 N–H and O–H groups in total. The molecular formula is C12H21F3N2O2S. The van der Waals surface area contributed by atoms with Crippen LogP contribution >= 0.6 is 0 Å². The summed E-state index contributed by atoms with van der Waals surface area (Å²) in [7, 11) is -3.79. The molecule has 0 unspecified atom stereocenters. The third-order valence-electron chi connectivity index (χ3n) is 3.49. The van der Waals surface area contributed by atoms with Crippen LogP contribution in [0.5, 0.6) is 0 Å². The lowest BCUT2D eigenvalue weighted by Crippen LogP contribution is -2.41. The number of nitrogens with one attached hydrogen (secondary N) is 1. The highest BCUT2D eigenvalue weighted by atomic mass is 32.2. The first-order valence-electron chi connectivity index (χ1n) is 7.07. The van der Waals surface area contributed by atoms with Crippen molar-refractivity contribution in [2.45, 2.75) is 56.8 Å². The summed E-state index contributed by atoms with van der Waals surface area (Å²) >= 11 is 0. The van der Waals surface area contributed by atoms with E-state index in [9.17, 15) is 21.6 Å². The lowest BCUT2D eigenvalue weighted by molar-refractivity contribution is -0.137. The maximum Gasteiger partial charge on any atom is 0.402 e. The molecule has 0 aliphatic heterocycles. The molecule has 2 saturated carbocycles. The van der Waals surface area contributed by atoms with Gasteiger partial charge < -0.3 is 5.32 Å². The number of sulfonamides is 1. The lowest BCUT2D eigenvalue weighted by Gasteiger charge is -2.23. The summed E-state index contributed by atoms with van der Waals surface area (Å²) in [6, 6.07) is 0.131. The second-order valence-electron chi connectivity index (χ2n) is 5.64. The van der Waals surface area contributed by atoms with E-state index in [-0.39, 0.29) is 5.75 Å². The van der Waals surface area contributed by atoms with Gasteiger partial charge in [0.1, 0.15) is 6.54 Å². The van der Waals surface area contributed by atoms with Gasteiger partial charge in [0, 0.05) is 12.1 Å². The Morgan fingerprint density at radius 2 is 1.75 bits per heavy atom. The molecule has 0 saturated heterocycles. The Morgan fingerprint density at radius 1 is 1.10 bits per heavy atom. The van der Waals surface area contributed by atoms with Gasteiger partial charge in [-0.25, -0.2) is 8.42 Å². The number of hydrogen-bond acceptors (Lipinski definition) is 3. The van der Waals surface area contributed by atoms with Crippen molar-refractivity contribution in [2.24, 2.45) is 0 Å². The molecule has 2 aliphatic rings. The quantitative estimate of drug-likeness (QED) is 0.661.